The van der Waals surface area contributed by atoms with Gasteiger partial charge in [0.2, 0.25) is 5.88 Å². The van der Waals surface area contributed by atoms with E-state index in [9.17, 15) is 0 Å². The van der Waals surface area contributed by atoms with Gasteiger partial charge in [-0.15, -0.1) is 0 Å². The lowest BCUT2D eigenvalue weighted by molar-refractivity contribution is 0.191. The lowest BCUT2D eigenvalue weighted by atomic mass is 10.2. The number of hydrogen-bond acceptors (Lipinski definition) is 5. The fourth-order valence-corrected chi connectivity index (χ4v) is 1.32. The molecule has 0 aliphatic rings. The molecule has 0 bridgehead atoms. The van der Waals surface area contributed by atoms with Crippen LogP contribution in [0.15, 0.2) is 12.4 Å². The Balaban J connectivity index is 2.47. The number of aromatic nitrogens is 2. The van der Waals surface area contributed by atoms with E-state index in [-0.39, 0.29) is 0 Å². The van der Waals surface area contributed by atoms with Crippen molar-refractivity contribution in [3.8, 4) is 5.88 Å². The Morgan fingerprint density at radius 1 is 1.35 bits per heavy atom. The number of anilines is 1. The number of rotatable bonds is 8. The van der Waals surface area contributed by atoms with E-state index in [1.165, 1.54) is 6.33 Å². The molecule has 0 saturated heterocycles. The van der Waals surface area contributed by atoms with Crippen LogP contribution in [-0.4, -0.2) is 36.3 Å². The first-order valence-corrected chi connectivity index (χ1v) is 5.96. The zero-order chi connectivity index (χ0) is 12.5. The van der Waals surface area contributed by atoms with E-state index in [1.54, 1.807) is 7.11 Å². The van der Waals surface area contributed by atoms with Crippen LogP contribution < -0.4 is 10.1 Å². The van der Waals surface area contributed by atoms with Crippen LogP contribution in [0.1, 0.15) is 26.7 Å². The zero-order valence-corrected chi connectivity index (χ0v) is 10.8. The Hall–Kier alpha value is -1.36. The summed E-state index contributed by atoms with van der Waals surface area (Å²) in [6.45, 7) is 5.56. The fourth-order valence-electron chi connectivity index (χ4n) is 1.32. The van der Waals surface area contributed by atoms with Crippen LogP contribution in [0.25, 0.3) is 0 Å². The highest BCUT2D eigenvalue weighted by atomic mass is 16.5. The summed E-state index contributed by atoms with van der Waals surface area (Å²) in [4.78, 5) is 8.20. The number of nitrogens with zero attached hydrogens (tertiary/aromatic N) is 2. The number of methoxy groups -OCH3 is 1. The predicted octanol–water partition coefficient (Wildman–Crippen LogP) is 2.10. The molecule has 1 rings (SSSR count). The van der Waals surface area contributed by atoms with Gasteiger partial charge in [0.15, 0.2) is 0 Å². The van der Waals surface area contributed by atoms with Crippen LogP contribution in [0.3, 0.4) is 0 Å². The number of ether oxygens (including phenoxy) is 2. The Bertz CT molecular complexity index is 320. The van der Waals surface area contributed by atoms with E-state index in [0.29, 0.717) is 18.5 Å². The molecular weight excluding hydrogens is 218 g/mol. The molecule has 17 heavy (non-hydrogen) atoms. The minimum atomic E-state index is 0.309. The Morgan fingerprint density at radius 3 is 2.88 bits per heavy atom. The van der Waals surface area contributed by atoms with Crippen molar-refractivity contribution in [2.45, 2.75) is 32.7 Å². The van der Waals surface area contributed by atoms with Gasteiger partial charge in [0, 0.05) is 25.8 Å². The van der Waals surface area contributed by atoms with Crippen LogP contribution in [-0.2, 0) is 4.74 Å². The summed E-state index contributed by atoms with van der Waals surface area (Å²) in [5, 5.41) is 3.28. The average Bonchev–Trinajstić information content (AvgIpc) is 2.34. The van der Waals surface area contributed by atoms with Crippen LogP contribution >= 0.6 is 0 Å². The van der Waals surface area contributed by atoms with Crippen LogP contribution in [0.2, 0.25) is 0 Å². The maximum Gasteiger partial charge on any atom is 0.218 e. The lowest BCUT2D eigenvalue weighted by Gasteiger charge is -2.14. The predicted molar refractivity (Wildman–Crippen MR) is 67.4 cm³/mol. The molecule has 0 aliphatic heterocycles. The molecule has 1 heterocycles. The van der Waals surface area contributed by atoms with Gasteiger partial charge in [0.25, 0.3) is 0 Å². The third-order valence-corrected chi connectivity index (χ3v) is 2.25. The second-order valence-corrected chi connectivity index (χ2v) is 3.92. The van der Waals surface area contributed by atoms with Gasteiger partial charge in [0.05, 0.1) is 6.61 Å². The lowest BCUT2D eigenvalue weighted by Crippen LogP contribution is -2.18. The largest absolute Gasteiger partial charge is 0.478 e. The molecule has 0 aromatic carbocycles. The zero-order valence-electron chi connectivity index (χ0n) is 10.8. The second kappa shape index (κ2) is 7.84. The number of hydrogen-bond donors (Lipinski definition) is 1. The summed E-state index contributed by atoms with van der Waals surface area (Å²) in [6, 6.07) is 2.13. The summed E-state index contributed by atoms with van der Waals surface area (Å²) in [6.07, 6.45) is 3.42. The third-order valence-electron chi connectivity index (χ3n) is 2.25. The maximum atomic E-state index is 5.44. The first-order valence-electron chi connectivity index (χ1n) is 5.96. The molecule has 1 atom stereocenters. The van der Waals surface area contributed by atoms with E-state index in [0.717, 1.165) is 25.3 Å². The van der Waals surface area contributed by atoms with Gasteiger partial charge in [-0.1, -0.05) is 6.92 Å². The summed E-state index contributed by atoms with van der Waals surface area (Å²) >= 11 is 0. The van der Waals surface area contributed by atoms with E-state index >= 15 is 0 Å². The minimum Gasteiger partial charge on any atom is -0.478 e. The molecule has 1 aromatic heterocycles. The monoisotopic (exact) mass is 239 g/mol. The van der Waals surface area contributed by atoms with Crippen LogP contribution in [0, 0.1) is 0 Å². The molecule has 0 radical (unpaired) electrons. The van der Waals surface area contributed by atoms with Gasteiger partial charge in [0.1, 0.15) is 12.1 Å². The van der Waals surface area contributed by atoms with Gasteiger partial charge < -0.3 is 14.8 Å². The normalized spacial score (nSPS) is 12.2. The van der Waals surface area contributed by atoms with Crippen molar-refractivity contribution in [3.63, 3.8) is 0 Å². The van der Waals surface area contributed by atoms with E-state index < -0.39 is 0 Å². The highest BCUT2D eigenvalue weighted by Crippen LogP contribution is 2.12. The van der Waals surface area contributed by atoms with Crippen LogP contribution in [0.5, 0.6) is 5.88 Å². The quantitative estimate of drug-likeness (QED) is 0.753. The van der Waals surface area contributed by atoms with Gasteiger partial charge >= 0.3 is 0 Å². The molecule has 96 valence electrons. The van der Waals surface area contributed by atoms with Gasteiger partial charge in [-0.05, 0) is 19.8 Å². The summed E-state index contributed by atoms with van der Waals surface area (Å²) in [5.74, 6) is 1.40. The molecule has 1 unspecified atom stereocenters. The molecule has 5 nitrogen and oxygen atoms in total. The van der Waals surface area contributed by atoms with Gasteiger partial charge in [-0.2, -0.15) is 0 Å². The average molecular weight is 239 g/mol. The molecule has 0 amide bonds. The number of nitrogens with one attached hydrogen (secondary N) is 1. The first-order chi connectivity index (χ1) is 8.26. The fraction of sp³-hybridized carbons (Fsp3) is 0.667. The molecule has 1 aromatic rings. The maximum absolute atomic E-state index is 5.44. The van der Waals surface area contributed by atoms with Gasteiger partial charge in [-0.3, -0.25) is 0 Å². The second-order valence-electron chi connectivity index (χ2n) is 3.92. The smallest absolute Gasteiger partial charge is 0.218 e. The van der Waals surface area contributed by atoms with Crippen molar-refractivity contribution in [2.75, 3.05) is 25.6 Å². The van der Waals surface area contributed by atoms with Crippen molar-refractivity contribution in [1.82, 2.24) is 9.97 Å². The SMILES string of the molecule is CCCOc1cc(NC(C)CCOC)ncn1. The highest BCUT2D eigenvalue weighted by Gasteiger charge is 2.04. The molecule has 1 N–H and O–H groups in total. The van der Waals surface area contributed by atoms with E-state index in [1.807, 2.05) is 6.07 Å². The highest BCUT2D eigenvalue weighted by molar-refractivity contribution is 5.37. The van der Waals surface area contributed by atoms with Crippen molar-refractivity contribution < 1.29 is 9.47 Å². The van der Waals surface area contributed by atoms with Crippen LogP contribution in [0.4, 0.5) is 5.82 Å². The Morgan fingerprint density at radius 2 is 2.18 bits per heavy atom. The molecular formula is C12H21N3O2. The van der Waals surface area contributed by atoms with Crippen molar-refractivity contribution in [2.24, 2.45) is 0 Å². The molecule has 0 fully saturated rings. The molecule has 0 aliphatic carbocycles. The van der Waals surface area contributed by atoms with Crippen molar-refractivity contribution in [1.29, 1.82) is 0 Å². The van der Waals surface area contributed by atoms with Crippen molar-refractivity contribution in [3.05, 3.63) is 12.4 Å². The first kappa shape index (κ1) is 13.7. The summed E-state index contributed by atoms with van der Waals surface area (Å²) in [5.41, 5.74) is 0. The van der Waals surface area contributed by atoms with E-state index in [4.69, 9.17) is 9.47 Å². The molecule has 0 saturated carbocycles. The Kier molecular flexibility index (Phi) is 6.32. The summed E-state index contributed by atoms with van der Waals surface area (Å²) < 4.78 is 10.5. The van der Waals surface area contributed by atoms with Gasteiger partial charge in [-0.25, -0.2) is 9.97 Å². The minimum absolute atomic E-state index is 0.309. The molecule has 5 heteroatoms. The van der Waals surface area contributed by atoms with E-state index in [2.05, 4.69) is 29.1 Å². The van der Waals surface area contributed by atoms with Crippen molar-refractivity contribution >= 4 is 5.82 Å². The topological polar surface area (TPSA) is 56.3 Å². The molecule has 0 spiro atoms. The standard InChI is InChI=1S/C12H21N3O2/c1-4-6-17-12-8-11(13-9-14-12)15-10(2)5-7-16-3/h8-10H,4-7H2,1-3H3,(H,13,14,15). The Labute approximate surface area is 103 Å². The third kappa shape index (κ3) is 5.49. The summed E-state index contributed by atoms with van der Waals surface area (Å²) in [7, 11) is 1.70.